The van der Waals surface area contributed by atoms with E-state index in [4.69, 9.17) is 11.6 Å². The minimum Gasteiger partial charge on any atom is -0.310 e. The van der Waals surface area contributed by atoms with Crippen LogP contribution in [-0.2, 0) is 26.9 Å². The van der Waals surface area contributed by atoms with Gasteiger partial charge in [-0.05, 0) is 19.9 Å². The zero-order valence-electron chi connectivity index (χ0n) is 13.4. The van der Waals surface area contributed by atoms with Crippen LogP contribution >= 0.6 is 11.6 Å². The summed E-state index contributed by atoms with van der Waals surface area (Å²) in [4.78, 5) is 0. The SMILES string of the molecule is CCNC(Cc1c(Cl)c(C)nn1C)c1cn(C)nc1CC. The molecule has 0 radical (unpaired) electrons. The summed E-state index contributed by atoms with van der Waals surface area (Å²) in [7, 11) is 3.91. The number of likely N-dealkylation sites (N-methyl/N-ethyl adjacent to an activating group) is 1. The van der Waals surface area contributed by atoms with Crippen LogP contribution < -0.4 is 5.32 Å². The summed E-state index contributed by atoms with van der Waals surface area (Å²) >= 11 is 6.39. The van der Waals surface area contributed by atoms with Crippen molar-refractivity contribution < 1.29 is 0 Å². The van der Waals surface area contributed by atoms with Crippen LogP contribution in [0, 0.1) is 6.92 Å². The predicted octanol–water partition coefficient (Wildman–Crippen LogP) is 2.57. The van der Waals surface area contributed by atoms with Crippen LogP contribution in [0.5, 0.6) is 0 Å². The van der Waals surface area contributed by atoms with E-state index in [9.17, 15) is 0 Å². The topological polar surface area (TPSA) is 47.7 Å². The highest BCUT2D eigenvalue weighted by atomic mass is 35.5. The highest BCUT2D eigenvalue weighted by molar-refractivity contribution is 6.31. The molecule has 2 rings (SSSR count). The lowest BCUT2D eigenvalue weighted by atomic mass is 10.0. The van der Waals surface area contributed by atoms with Crippen molar-refractivity contribution >= 4 is 11.6 Å². The van der Waals surface area contributed by atoms with Crippen molar-refractivity contribution in [3.05, 3.63) is 33.9 Å². The summed E-state index contributed by atoms with van der Waals surface area (Å²) in [6.45, 7) is 7.09. The molecular weight excluding hydrogens is 286 g/mol. The molecule has 116 valence electrons. The smallest absolute Gasteiger partial charge is 0.0847 e. The zero-order valence-corrected chi connectivity index (χ0v) is 14.2. The highest BCUT2D eigenvalue weighted by Gasteiger charge is 2.21. The van der Waals surface area contributed by atoms with E-state index in [1.165, 1.54) is 5.56 Å². The Balaban J connectivity index is 2.35. The third kappa shape index (κ3) is 3.30. The normalized spacial score (nSPS) is 12.9. The number of hydrogen-bond acceptors (Lipinski definition) is 3. The van der Waals surface area contributed by atoms with Crippen LogP contribution in [-0.4, -0.2) is 26.1 Å². The average Bonchev–Trinajstić information content (AvgIpc) is 2.93. The Morgan fingerprint density at radius 2 is 2.00 bits per heavy atom. The first-order chi connectivity index (χ1) is 9.97. The van der Waals surface area contributed by atoms with E-state index in [1.54, 1.807) is 0 Å². The molecule has 0 fully saturated rings. The summed E-state index contributed by atoms with van der Waals surface area (Å²) in [6.07, 6.45) is 3.84. The monoisotopic (exact) mass is 309 g/mol. The number of nitrogens with zero attached hydrogens (tertiary/aromatic N) is 4. The van der Waals surface area contributed by atoms with E-state index in [2.05, 4.69) is 35.6 Å². The maximum Gasteiger partial charge on any atom is 0.0847 e. The van der Waals surface area contributed by atoms with Crippen molar-refractivity contribution in [1.29, 1.82) is 0 Å². The fourth-order valence-corrected chi connectivity index (χ4v) is 2.99. The quantitative estimate of drug-likeness (QED) is 0.892. The van der Waals surface area contributed by atoms with Gasteiger partial charge in [-0.2, -0.15) is 10.2 Å². The number of halogens is 1. The fraction of sp³-hybridized carbons (Fsp3) is 0.600. The van der Waals surface area contributed by atoms with Gasteiger partial charge in [-0.3, -0.25) is 9.36 Å². The van der Waals surface area contributed by atoms with Crippen LogP contribution in [0.3, 0.4) is 0 Å². The maximum absolute atomic E-state index is 6.39. The number of rotatable bonds is 6. The molecule has 0 saturated heterocycles. The molecule has 0 saturated carbocycles. The standard InChI is InChI=1S/C15H24ClN5/c1-6-12-11(9-20(4)19-12)13(17-7-2)8-14-15(16)10(3)18-21(14)5/h9,13,17H,6-8H2,1-5H3. The second-order valence-electron chi connectivity index (χ2n) is 5.34. The molecule has 0 bridgehead atoms. The first-order valence-corrected chi connectivity index (χ1v) is 7.79. The van der Waals surface area contributed by atoms with Crippen LogP contribution in [0.15, 0.2) is 6.20 Å². The lowest BCUT2D eigenvalue weighted by Crippen LogP contribution is -2.24. The Morgan fingerprint density at radius 1 is 1.29 bits per heavy atom. The molecule has 1 atom stereocenters. The Labute approximate surface area is 131 Å². The molecule has 2 heterocycles. The van der Waals surface area contributed by atoms with Crippen molar-refractivity contribution in [1.82, 2.24) is 24.9 Å². The van der Waals surface area contributed by atoms with Crippen LogP contribution in [0.1, 0.15) is 42.5 Å². The van der Waals surface area contributed by atoms with Gasteiger partial charge in [-0.1, -0.05) is 25.4 Å². The molecule has 0 spiro atoms. The second kappa shape index (κ2) is 6.62. The van der Waals surface area contributed by atoms with Crippen LogP contribution in [0.4, 0.5) is 0 Å². The minimum absolute atomic E-state index is 0.200. The van der Waals surface area contributed by atoms with Gasteiger partial charge in [-0.15, -0.1) is 0 Å². The fourth-order valence-electron chi connectivity index (χ4n) is 2.75. The van der Waals surface area contributed by atoms with Gasteiger partial charge >= 0.3 is 0 Å². The number of hydrogen-bond donors (Lipinski definition) is 1. The Bertz CT molecular complexity index is 614. The summed E-state index contributed by atoms with van der Waals surface area (Å²) in [6, 6.07) is 0.200. The van der Waals surface area contributed by atoms with Gasteiger partial charge in [0.15, 0.2) is 0 Å². The first-order valence-electron chi connectivity index (χ1n) is 7.41. The Morgan fingerprint density at radius 3 is 2.52 bits per heavy atom. The molecule has 5 nitrogen and oxygen atoms in total. The molecule has 0 aromatic carbocycles. The Hall–Kier alpha value is -1.33. The van der Waals surface area contributed by atoms with Gasteiger partial charge in [0.1, 0.15) is 0 Å². The molecule has 0 aliphatic heterocycles. The number of aryl methyl sites for hydroxylation is 4. The summed E-state index contributed by atoms with van der Waals surface area (Å²) < 4.78 is 3.76. The van der Waals surface area contributed by atoms with Crippen molar-refractivity contribution in [2.24, 2.45) is 14.1 Å². The van der Waals surface area contributed by atoms with Gasteiger partial charge in [-0.25, -0.2) is 0 Å². The van der Waals surface area contributed by atoms with Gasteiger partial charge in [0, 0.05) is 38.3 Å². The van der Waals surface area contributed by atoms with E-state index in [0.29, 0.717) is 0 Å². The Kier molecular flexibility index (Phi) is 5.06. The highest BCUT2D eigenvalue weighted by Crippen LogP contribution is 2.27. The van der Waals surface area contributed by atoms with Gasteiger partial charge < -0.3 is 5.32 Å². The van der Waals surface area contributed by atoms with E-state index >= 15 is 0 Å². The molecule has 21 heavy (non-hydrogen) atoms. The molecule has 2 aromatic heterocycles. The second-order valence-corrected chi connectivity index (χ2v) is 5.72. The van der Waals surface area contributed by atoms with Crippen molar-refractivity contribution in [3.63, 3.8) is 0 Å². The van der Waals surface area contributed by atoms with E-state index < -0.39 is 0 Å². The average molecular weight is 310 g/mol. The lowest BCUT2D eigenvalue weighted by molar-refractivity contribution is 0.525. The molecule has 0 amide bonds. The summed E-state index contributed by atoms with van der Waals surface area (Å²) in [5.74, 6) is 0. The number of aromatic nitrogens is 4. The zero-order chi connectivity index (χ0) is 15.6. The summed E-state index contributed by atoms with van der Waals surface area (Å²) in [5, 5.41) is 13.3. The molecule has 1 N–H and O–H groups in total. The summed E-state index contributed by atoms with van der Waals surface area (Å²) in [5.41, 5.74) is 4.33. The van der Waals surface area contributed by atoms with Crippen molar-refractivity contribution in [2.45, 2.75) is 39.7 Å². The third-order valence-corrected chi connectivity index (χ3v) is 4.25. The molecule has 0 aliphatic rings. The first kappa shape index (κ1) is 16.0. The van der Waals surface area contributed by atoms with Gasteiger partial charge in [0.05, 0.1) is 22.1 Å². The third-order valence-electron chi connectivity index (χ3n) is 3.76. The van der Waals surface area contributed by atoms with Gasteiger partial charge in [0.25, 0.3) is 0 Å². The van der Waals surface area contributed by atoms with E-state index in [0.717, 1.165) is 41.5 Å². The molecule has 6 heteroatoms. The molecule has 0 aliphatic carbocycles. The molecular formula is C15H24ClN5. The largest absolute Gasteiger partial charge is 0.310 e. The lowest BCUT2D eigenvalue weighted by Gasteiger charge is -2.18. The molecule has 1 unspecified atom stereocenters. The van der Waals surface area contributed by atoms with Gasteiger partial charge in [0.2, 0.25) is 0 Å². The molecule has 2 aromatic rings. The van der Waals surface area contributed by atoms with Crippen LogP contribution in [0.25, 0.3) is 0 Å². The predicted molar refractivity (Wildman–Crippen MR) is 85.7 cm³/mol. The van der Waals surface area contributed by atoms with E-state index in [-0.39, 0.29) is 6.04 Å². The van der Waals surface area contributed by atoms with Crippen molar-refractivity contribution in [3.8, 4) is 0 Å². The van der Waals surface area contributed by atoms with Crippen LogP contribution in [0.2, 0.25) is 5.02 Å². The minimum atomic E-state index is 0.200. The van der Waals surface area contributed by atoms with Crippen molar-refractivity contribution in [2.75, 3.05) is 6.54 Å². The number of nitrogens with one attached hydrogen (secondary N) is 1. The maximum atomic E-state index is 6.39. The van der Waals surface area contributed by atoms with E-state index in [1.807, 2.05) is 30.4 Å².